The zero-order chi connectivity index (χ0) is 20.0. The summed E-state index contributed by atoms with van der Waals surface area (Å²) in [6, 6.07) is 9.37. The van der Waals surface area contributed by atoms with Crippen LogP contribution in [0.2, 0.25) is 0 Å². The fourth-order valence-corrected chi connectivity index (χ4v) is 4.53. The highest BCUT2D eigenvalue weighted by Gasteiger charge is 2.45. The Morgan fingerprint density at radius 3 is 2.50 bits per heavy atom. The zero-order valence-electron chi connectivity index (χ0n) is 16.4. The van der Waals surface area contributed by atoms with Gasteiger partial charge in [0, 0.05) is 31.5 Å². The van der Waals surface area contributed by atoms with Gasteiger partial charge >= 0.3 is 5.97 Å². The van der Waals surface area contributed by atoms with Gasteiger partial charge in [0.15, 0.2) is 17.6 Å². The van der Waals surface area contributed by atoms with Gasteiger partial charge in [-0.3, -0.25) is 9.59 Å². The summed E-state index contributed by atoms with van der Waals surface area (Å²) in [5.41, 5.74) is 4.76. The summed E-state index contributed by atoms with van der Waals surface area (Å²) in [5.74, 6) is 0.865. The Labute approximate surface area is 164 Å². The van der Waals surface area contributed by atoms with Crippen LogP contribution < -0.4 is 9.47 Å². The molecule has 146 valence electrons. The van der Waals surface area contributed by atoms with Crippen LogP contribution in [-0.2, 0) is 20.7 Å². The molecule has 2 unspecified atom stereocenters. The monoisotopic (exact) mass is 381 g/mol. The predicted octanol–water partition coefficient (Wildman–Crippen LogP) is 3.43. The van der Waals surface area contributed by atoms with Crippen LogP contribution in [0.5, 0.6) is 11.5 Å². The van der Waals surface area contributed by atoms with E-state index in [9.17, 15) is 9.59 Å². The molecular formula is C22H23NO5. The maximum atomic E-state index is 12.5. The molecule has 0 spiro atoms. The van der Waals surface area contributed by atoms with Gasteiger partial charge in [-0.1, -0.05) is 24.3 Å². The van der Waals surface area contributed by atoms with Crippen molar-refractivity contribution in [2.75, 3.05) is 20.8 Å². The summed E-state index contributed by atoms with van der Waals surface area (Å²) in [6.45, 7) is 3.51. The number of rotatable bonds is 3. The Hall–Kier alpha value is -3.02. The molecule has 0 saturated heterocycles. The van der Waals surface area contributed by atoms with Gasteiger partial charge in [-0.15, -0.1) is 0 Å². The van der Waals surface area contributed by atoms with Gasteiger partial charge in [-0.25, -0.2) is 0 Å². The summed E-state index contributed by atoms with van der Waals surface area (Å²) in [5, 5.41) is 0. The lowest BCUT2D eigenvalue weighted by molar-refractivity contribution is -0.155. The minimum atomic E-state index is -0.567. The van der Waals surface area contributed by atoms with E-state index in [1.54, 1.807) is 26.0 Å². The van der Waals surface area contributed by atoms with Crippen LogP contribution in [0, 0.1) is 0 Å². The molecule has 2 aromatic rings. The molecule has 1 aliphatic heterocycles. The number of carbonyl (C=O) groups is 2. The van der Waals surface area contributed by atoms with Gasteiger partial charge in [-0.05, 0) is 29.2 Å². The molecule has 0 radical (unpaired) electrons. The molecule has 0 aromatic heterocycles. The van der Waals surface area contributed by atoms with Crippen molar-refractivity contribution in [3.05, 3.63) is 47.0 Å². The first-order chi connectivity index (χ1) is 13.5. The standard InChI is InChI=1S/C22H23NO5/c1-12(24)23-10-9-14-11-17(26-3)22(27-4)19-15-7-5-6-8-16(15)21(28-13(2)25)20(23)18(14)19/h5-8,11,20-21H,9-10H2,1-4H3. The van der Waals surface area contributed by atoms with Gasteiger partial charge in [-0.2, -0.15) is 0 Å². The lowest BCUT2D eigenvalue weighted by Crippen LogP contribution is -2.44. The number of esters is 1. The lowest BCUT2D eigenvalue weighted by Gasteiger charge is -2.45. The van der Waals surface area contributed by atoms with Gasteiger partial charge < -0.3 is 19.1 Å². The molecule has 0 bridgehead atoms. The van der Waals surface area contributed by atoms with E-state index in [1.165, 1.54) is 6.92 Å². The van der Waals surface area contributed by atoms with E-state index < -0.39 is 12.1 Å². The summed E-state index contributed by atoms with van der Waals surface area (Å²) in [7, 11) is 3.23. The first-order valence-corrected chi connectivity index (χ1v) is 9.29. The third kappa shape index (κ3) is 2.63. The highest BCUT2D eigenvalue weighted by Crippen LogP contribution is 2.56. The van der Waals surface area contributed by atoms with Crippen LogP contribution in [0.1, 0.15) is 42.7 Å². The number of amides is 1. The van der Waals surface area contributed by atoms with Gasteiger partial charge in [0.05, 0.1) is 20.3 Å². The number of fused-ring (bicyclic) bond motifs is 2. The number of hydrogen-bond donors (Lipinski definition) is 0. The Morgan fingerprint density at radius 2 is 1.86 bits per heavy atom. The maximum Gasteiger partial charge on any atom is 0.303 e. The fraction of sp³-hybridized carbons (Fsp3) is 0.364. The van der Waals surface area contributed by atoms with Crippen molar-refractivity contribution in [1.29, 1.82) is 0 Å². The van der Waals surface area contributed by atoms with Crippen molar-refractivity contribution in [2.24, 2.45) is 0 Å². The molecule has 2 atom stereocenters. The first kappa shape index (κ1) is 18.3. The lowest BCUT2D eigenvalue weighted by atomic mass is 9.74. The van der Waals surface area contributed by atoms with E-state index in [1.807, 2.05) is 30.3 Å². The molecule has 0 N–H and O–H groups in total. The van der Waals surface area contributed by atoms with E-state index in [0.717, 1.165) is 27.8 Å². The predicted molar refractivity (Wildman–Crippen MR) is 103 cm³/mol. The molecule has 4 rings (SSSR count). The molecule has 0 fully saturated rings. The number of nitrogens with zero attached hydrogens (tertiary/aromatic N) is 1. The minimum Gasteiger partial charge on any atom is -0.493 e. The summed E-state index contributed by atoms with van der Waals surface area (Å²) < 4.78 is 17.1. The maximum absolute atomic E-state index is 12.5. The van der Waals surface area contributed by atoms with Crippen LogP contribution in [-0.4, -0.2) is 37.5 Å². The van der Waals surface area contributed by atoms with Crippen molar-refractivity contribution in [1.82, 2.24) is 4.90 Å². The highest BCUT2D eigenvalue weighted by molar-refractivity contribution is 5.86. The van der Waals surface area contributed by atoms with E-state index in [-0.39, 0.29) is 11.9 Å². The molecule has 1 aliphatic carbocycles. The largest absolute Gasteiger partial charge is 0.493 e. The average Bonchev–Trinajstić information content (AvgIpc) is 2.69. The van der Waals surface area contributed by atoms with Gasteiger partial charge in [0.25, 0.3) is 0 Å². The van der Waals surface area contributed by atoms with Gasteiger partial charge in [0.2, 0.25) is 5.91 Å². The third-order valence-corrected chi connectivity index (χ3v) is 5.57. The second-order valence-corrected chi connectivity index (χ2v) is 7.08. The van der Waals surface area contributed by atoms with E-state index in [0.29, 0.717) is 24.5 Å². The second-order valence-electron chi connectivity index (χ2n) is 7.08. The van der Waals surface area contributed by atoms with Crippen LogP contribution in [0.3, 0.4) is 0 Å². The fourth-order valence-electron chi connectivity index (χ4n) is 4.53. The molecule has 1 amide bonds. The average molecular weight is 381 g/mol. The Bertz CT molecular complexity index is 968. The van der Waals surface area contributed by atoms with Crippen molar-refractivity contribution < 1.29 is 23.8 Å². The van der Waals surface area contributed by atoms with E-state index in [4.69, 9.17) is 14.2 Å². The Kier molecular flexibility index (Phi) is 4.49. The molecule has 1 heterocycles. The van der Waals surface area contributed by atoms with Crippen LogP contribution in [0.25, 0.3) is 11.1 Å². The Balaban J connectivity index is 2.08. The topological polar surface area (TPSA) is 65.1 Å². The molecule has 28 heavy (non-hydrogen) atoms. The van der Waals surface area contributed by atoms with Crippen molar-refractivity contribution in [3.63, 3.8) is 0 Å². The van der Waals surface area contributed by atoms with E-state index >= 15 is 0 Å². The third-order valence-electron chi connectivity index (χ3n) is 5.57. The van der Waals surface area contributed by atoms with Crippen LogP contribution in [0.15, 0.2) is 30.3 Å². The molecule has 0 saturated carbocycles. The smallest absolute Gasteiger partial charge is 0.303 e. The molecule has 6 nitrogen and oxygen atoms in total. The number of ether oxygens (including phenoxy) is 3. The SMILES string of the molecule is COc1cc2c3c(c1OC)-c1ccccc1C(OC(C)=O)C3N(C(C)=O)CC2. The number of carbonyl (C=O) groups excluding carboxylic acids is 2. The van der Waals surface area contributed by atoms with Crippen LogP contribution in [0.4, 0.5) is 0 Å². The Morgan fingerprint density at radius 1 is 1.11 bits per heavy atom. The first-order valence-electron chi connectivity index (χ1n) is 9.29. The normalized spacial score (nSPS) is 19.4. The highest BCUT2D eigenvalue weighted by atomic mass is 16.5. The molecule has 2 aliphatic rings. The quantitative estimate of drug-likeness (QED) is 0.762. The summed E-state index contributed by atoms with van der Waals surface area (Å²) >= 11 is 0. The summed E-state index contributed by atoms with van der Waals surface area (Å²) in [4.78, 5) is 26.2. The number of hydrogen-bond acceptors (Lipinski definition) is 5. The summed E-state index contributed by atoms with van der Waals surface area (Å²) in [6.07, 6.45) is 0.135. The minimum absolute atomic E-state index is 0.0482. The second kappa shape index (κ2) is 6.86. The zero-order valence-corrected chi connectivity index (χ0v) is 16.4. The van der Waals surface area contributed by atoms with Gasteiger partial charge in [0.1, 0.15) is 0 Å². The van der Waals surface area contributed by atoms with E-state index in [2.05, 4.69) is 0 Å². The number of methoxy groups -OCH3 is 2. The van der Waals surface area contributed by atoms with Crippen molar-refractivity contribution in [3.8, 4) is 22.6 Å². The van der Waals surface area contributed by atoms with Crippen LogP contribution >= 0.6 is 0 Å². The van der Waals surface area contributed by atoms with Crippen molar-refractivity contribution >= 4 is 11.9 Å². The molecular weight excluding hydrogens is 358 g/mol. The number of benzene rings is 2. The molecule has 2 aromatic carbocycles. The van der Waals surface area contributed by atoms with Crippen molar-refractivity contribution in [2.45, 2.75) is 32.4 Å². The molecule has 6 heteroatoms.